The van der Waals surface area contributed by atoms with Crippen molar-refractivity contribution < 1.29 is 14.3 Å². The lowest BCUT2D eigenvalue weighted by Gasteiger charge is -2.10. The minimum atomic E-state index is -0.194. The van der Waals surface area contributed by atoms with Gasteiger partial charge in [0.05, 0.1) is 18.5 Å². The van der Waals surface area contributed by atoms with Gasteiger partial charge in [-0.3, -0.25) is 14.0 Å². The lowest BCUT2D eigenvalue weighted by molar-refractivity contribution is -0.116. The van der Waals surface area contributed by atoms with E-state index in [1.165, 1.54) is 0 Å². The first-order valence-electron chi connectivity index (χ1n) is 9.16. The van der Waals surface area contributed by atoms with E-state index in [0.29, 0.717) is 42.2 Å². The van der Waals surface area contributed by atoms with Crippen LogP contribution in [0.2, 0.25) is 0 Å². The van der Waals surface area contributed by atoms with Gasteiger partial charge < -0.3 is 15.4 Å². The van der Waals surface area contributed by atoms with Gasteiger partial charge in [0.1, 0.15) is 17.1 Å². The summed E-state index contributed by atoms with van der Waals surface area (Å²) in [6, 6.07) is 11.1. The highest BCUT2D eigenvalue weighted by molar-refractivity contribution is 5.95. The standard InChI is InChI=1S/C21H24N4O3/c1-14-8-7-13-25-19(15(2)23-20(14)25)21(27)22-12-6-11-18(26)24-16-9-4-5-10-17(16)28-3/h4-5,7-10,13H,6,11-12H2,1-3H3,(H,22,27)(H,24,26). The normalized spacial score (nSPS) is 10.7. The quantitative estimate of drug-likeness (QED) is 0.617. The summed E-state index contributed by atoms with van der Waals surface area (Å²) in [7, 11) is 1.56. The Balaban J connectivity index is 1.53. The number of aryl methyl sites for hydroxylation is 2. The summed E-state index contributed by atoms with van der Waals surface area (Å²) in [6.45, 7) is 4.18. The third-order valence-corrected chi connectivity index (χ3v) is 4.48. The van der Waals surface area contributed by atoms with Crippen molar-refractivity contribution in [3.8, 4) is 5.75 Å². The summed E-state index contributed by atoms with van der Waals surface area (Å²) in [4.78, 5) is 29.2. The number of rotatable bonds is 7. The maximum atomic E-state index is 12.6. The average Bonchev–Trinajstić information content (AvgIpc) is 3.03. The van der Waals surface area contributed by atoms with E-state index >= 15 is 0 Å². The molecule has 3 aromatic rings. The van der Waals surface area contributed by atoms with Gasteiger partial charge in [-0.25, -0.2) is 4.98 Å². The molecule has 0 radical (unpaired) electrons. The topological polar surface area (TPSA) is 84.7 Å². The second-order valence-electron chi connectivity index (χ2n) is 6.54. The second-order valence-corrected chi connectivity index (χ2v) is 6.54. The van der Waals surface area contributed by atoms with Crippen molar-refractivity contribution in [3.05, 3.63) is 59.5 Å². The van der Waals surface area contributed by atoms with Gasteiger partial charge in [0, 0.05) is 19.2 Å². The third kappa shape index (κ3) is 4.14. The Kier molecular flexibility index (Phi) is 5.93. The van der Waals surface area contributed by atoms with Crippen molar-refractivity contribution in [2.45, 2.75) is 26.7 Å². The van der Waals surface area contributed by atoms with Crippen LogP contribution in [-0.2, 0) is 4.79 Å². The zero-order valence-electron chi connectivity index (χ0n) is 16.3. The van der Waals surface area contributed by atoms with Crippen LogP contribution in [0.3, 0.4) is 0 Å². The fourth-order valence-electron chi connectivity index (χ4n) is 3.09. The largest absolute Gasteiger partial charge is 0.495 e. The lowest BCUT2D eigenvalue weighted by atomic mass is 10.2. The van der Waals surface area contributed by atoms with Crippen molar-refractivity contribution in [1.82, 2.24) is 14.7 Å². The number of anilines is 1. The highest BCUT2D eigenvalue weighted by Crippen LogP contribution is 2.23. The Morgan fingerprint density at radius 1 is 1.14 bits per heavy atom. The van der Waals surface area contributed by atoms with E-state index in [9.17, 15) is 9.59 Å². The minimum absolute atomic E-state index is 0.125. The summed E-state index contributed by atoms with van der Waals surface area (Å²) in [5.74, 6) is 0.295. The molecule has 2 N–H and O–H groups in total. The van der Waals surface area contributed by atoms with Crippen molar-refractivity contribution in [3.63, 3.8) is 0 Å². The third-order valence-electron chi connectivity index (χ3n) is 4.48. The SMILES string of the molecule is COc1ccccc1NC(=O)CCCNC(=O)c1c(C)nc2c(C)cccn12. The first kappa shape index (κ1) is 19.4. The molecule has 2 heterocycles. The number of methoxy groups -OCH3 is 1. The molecule has 0 aliphatic heterocycles. The summed E-state index contributed by atoms with van der Waals surface area (Å²) < 4.78 is 7.02. The number of ether oxygens (including phenoxy) is 1. The van der Waals surface area contributed by atoms with E-state index in [-0.39, 0.29) is 11.8 Å². The Bertz CT molecular complexity index is 1010. The van der Waals surface area contributed by atoms with E-state index in [2.05, 4.69) is 15.6 Å². The number of carbonyl (C=O) groups is 2. The summed E-state index contributed by atoms with van der Waals surface area (Å²) in [5, 5.41) is 5.70. The Morgan fingerprint density at radius 3 is 2.71 bits per heavy atom. The number of imidazole rings is 1. The predicted molar refractivity (Wildman–Crippen MR) is 108 cm³/mol. The van der Waals surface area contributed by atoms with Gasteiger partial charge in [-0.1, -0.05) is 18.2 Å². The van der Waals surface area contributed by atoms with E-state index < -0.39 is 0 Å². The van der Waals surface area contributed by atoms with E-state index in [1.807, 2.05) is 44.3 Å². The Hall–Kier alpha value is -3.35. The summed E-state index contributed by atoms with van der Waals surface area (Å²) in [5.41, 5.74) is 3.63. The lowest BCUT2D eigenvalue weighted by Crippen LogP contribution is -2.27. The van der Waals surface area contributed by atoms with Gasteiger partial charge in [0.15, 0.2) is 0 Å². The molecule has 146 valence electrons. The van der Waals surface area contributed by atoms with E-state index in [1.54, 1.807) is 23.6 Å². The second kappa shape index (κ2) is 8.56. The smallest absolute Gasteiger partial charge is 0.270 e. The number of fused-ring (bicyclic) bond motifs is 1. The fourth-order valence-corrected chi connectivity index (χ4v) is 3.09. The highest BCUT2D eigenvalue weighted by atomic mass is 16.5. The molecule has 0 unspecified atom stereocenters. The number of pyridine rings is 1. The summed E-state index contributed by atoms with van der Waals surface area (Å²) in [6.07, 6.45) is 2.66. The molecule has 7 nitrogen and oxygen atoms in total. The predicted octanol–water partition coefficient (Wildman–Crippen LogP) is 3.11. The molecule has 2 aromatic heterocycles. The van der Waals surface area contributed by atoms with E-state index in [0.717, 1.165) is 11.2 Å². The number of hydrogen-bond donors (Lipinski definition) is 2. The molecule has 2 amide bonds. The van der Waals surface area contributed by atoms with Crippen LogP contribution in [0.15, 0.2) is 42.6 Å². The van der Waals surface area contributed by atoms with Crippen LogP contribution in [0.25, 0.3) is 5.65 Å². The number of aromatic nitrogens is 2. The number of nitrogens with one attached hydrogen (secondary N) is 2. The molecule has 0 saturated carbocycles. The van der Waals surface area contributed by atoms with Crippen molar-refractivity contribution in [2.75, 3.05) is 19.0 Å². The number of amides is 2. The van der Waals surface area contributed by atoms with E-state index in [4.69, 9.17) is 4.74 Å². The molecule has 3 rings (SSSR count). The molecule has 28 heavy (non-hydrogen) atoms. The number of nitrogens with zero attached hydrogens (tertiary/aromatic N) is 2. The van der Waals surface area contributed by atoms with Crippen LogP contribution in [-0.4, -0.2) is 34.9 Å². The maximum Gasteiger partial charge on any atom is 0.270 e. The number of hydrogen-bond acceptors (Lipinski definition) is 4. The zero-order valence-corrected chi connectivity index (χ0v) is 16.3. The van der Waals surface area contributed by atoms with Crippen LogP contribution >= 0.6 is 0 Å². The fraction of sp³-hybridized carbons (Fsp3) is 0.286. The van der Waals surface area contributed by atoms with Crippen LogP contribution in [0.4, 0.5) is 5.69 Å². The molecule has 0 aliphatic carbocycles. The number of carbonyl (C=O) groups excluding carboxylic acids is 2. The number of para-hydroxylation sites is 2. The highest BCUT2D eigenvalue weighted by Gasteiger charge is 2.17. The molecule has 7 heteroatoms. The first-order chi connectivity index (χ1) is 13.5. The Labute approximate surface area is 163 Å². The molecule has 0 bridgehead atoms. The van der Waals surface area contributed by atoms with Gasteiger partial charge in [-0.15, -0.1) is 0 Å². The van der Waals surface area contributed by atoms with Gasteiger partial charge in [-0.05, 0) is 44.0 Å². The zero-order chi connectivity index (χ0) is 20.1. The molecule has 0 fully saturated rings. The van der Waals surface area contributed by atoms with Crippen LogP contribution in [0, 0.1) is 13.8 Å². The molecule has 0 aliphatic rings. The molecular weight excluding hydrogens is 356 g/mol. The molecular formula is C21H24N4O3. The Morgan fingerprint density at radius 2 is 1.93 bits per heavy atom. The molecule has 0 spiro atoms. The minimum Gasteiger partial charge on any atom is -0.495 e. The molecule has 0 saturated heterocycles. The van der Waals surface area contributed by atoms with Gasteiger partial charge >= 0.3 is 0 Å². The molecule has 0 atom stereocenters. The van der Waals surface area contributed by atoms with Gasteiger partial charge in [-0.2, -0.15) is 0 Å². The maximum absolute atomic E-state index is 12.6. The van der Waals surface area contributed by atoms with Gasteiger partial charge in [0.2, 0.25) is 5.91 Å². The van der Waals surface area contributed by atoms with Gasteiger partial charge in [0.25, 0.3) is 5.91 Å². The van der Waals surface area contributed by atoms with Crippen LogP contribution in [0.5, 0.6) is 5.75 Å². The number of benzene rings is 1. The van der Waals surface area contributed by atoms with Crippen LogP contribution in [0.1, 0.15) is 34.6 Å². The average molecular weight is 380 g/mol. The molecule has 1 aromatic carbocycles. The van der Waals surface area contributed by atoms with Crippen molar-refractivity contribution in [2.24, 2.45) is 0 Å². The van der Waals surface area contributed by atoms with Crippen molar-refractivity contribution in [1.29, 1.82) is 0 Å². The van der Waals surface area contributed by atoms with Crippen molar-refractivity contribution >= 4 is 23.1 Å². The summed E-state index contributed by atoms with van der Waals surface area (Å²) >= 11 is 0. The monoisotopic (exact) mass is 380 g/mol. The van der Waals surface area contributed by atoms with Crippen LogP contribution < -0.4 is 15.4 Å². The first-order valence-corrected chi connectivity index (χ1v) is 9.16.